The quantitative estimate of drug-likeness (QED) is 0.596. The predicted octanol–water partition coefficient (Wildman–Crippen LogP) is 1.11. The molecule has 0 aromatic carbocycles. The number of thiocarbonyl (C=S) groups is 1. The molecule has 0 bridgehead atoms. The Labute approximate surface area is 128 Å². The van der Waals surface area contributed by atoms with Gasteiger partial charge in [0.05, 0.1) is 13.2 Å². The largest absolute Gasteiger partial charge is 0.465 e. The van der Waals surface area contributed by atoms with Crippen LogP contribution in [0.1, 0.15) is 24.2 Å². The molecule has 7 nitrogen and oxygen atoms in total. The molecular formula is C13H17N3O4S. The van der Waals surface area contributed by atoms with Gasteiger partial charge < -0.3 is 20.1 Å². The van der Waals surface area contributed by atoms with Crippen LogP contribution in [-0.4, -0.2) is 41.8 Å². The molecule has 114 valence electrons. The summed E-state index contributed by atoms with van der Waals surface area (Å²) >= 11 is 5.03. The molecule has 2 N–H and O–H groups in total. The van der Waals surface area contributed by atoms with Crippen LogP contribution in [0.3, 0.4) is 0 Å². The highest BCUT2D eigenvalue weighted by Gasteiger charge is 2.14. The maximum atomic E-state index is 11.8. The summed E-state index contributed by atoms with van der Waals surface area (Å²) in [5.74, 6) is -0.660. The molecule has 1 heterocycles. The minimum absolute atomic E-state index is 0.0682. The first kappa shape index (κ1) is 16.8. The highest BCUT2D eigenvalue weighted by atomic mass is 32.1. The maximum absolute atomic E-state index is 11.8. The van der Waals surface area contributed by atoms with E-state index in [1.54, 1.807) is 26.0 Å². The number of aromatic nitrogens is 1. The summed E-state index contributed by atoms with van der Waals surface area (Å²) in [6, 6.07) is 3.19. The van der Waals surface area contributed by atoms with Crippen molar-refractivity contribution in [2.45, 2.75) is 13.8 Å². The fourth-order valence-electron chi connectivity index (χ4n) is 1.39. The van der Waals surface area contributed by atoms with E-state index < -0.39 is 11.9 Å². The monoisotopic (exact) mass is 311 g/mol. The Balaban J connectivity index is 2.64. The lowest BCUT2D eigenvalue weighted by Crippen LogP contribution is -2.34. The van der Waals surface area contributed by atoms with Gasteiger partial charge in [-0.1, -0.05) is 0 Å². The Hall–Kier alpha value is -2.22. The van der Waals surface area contributed by atoms with Crippen molar-refractivity contribution >= 4 is 35.1 Å². The van der Waals surface area contributed by atoms with Crippen molar-refractivity contribution in [3.05, 3.63) is 23.9 Å². The number of hydrogen-bond acceptors (Lipinski definition) is 6. The maximum Gasteiger partial charge on any atom is 0.341 e. The first-order valence-electron chi connectivity index (χ1n) is 6.41. The molecule has 8 heteroatoms. The average Bonchev–Trinajstić information content (AvgIpc) is 2.46. The van der Waals surface area contributed by atoms with Gasteiger partial charge in [-0.2, -0.15) is 0 Å². The number of esters is 2. The number of ether oxygens (including phenoxy) is 2. The molecule has 0 amide bonds. The smallest absolute Gasteiger partial charge is 0.341 e. The second-order valence-electron chi connectivity index (χ2n) is 3.73. The lowest BCUT2D eigenvalue weighted by atomic mass is 10.2. The molecule has 1 aromatic rings. The number of anilines is 1. The van der Waals surface area contributed by atoms with Crippen LogP contribution >= 0.6 is 12.2 Å². The first-order chi connectivity index (χ1) is 10.1. The lowest BCUT2D eigenvalue weighted by Gasteiger charge is -2.12. The Morgan fingerprint density at radius 3 is 2.67 bits per heavy atom. The number of nitrogens with one attached hydrogen (secondary N) is 2. The summed E-state index contributed by atoms with van der Waals surface area (Å²) in [5.41, 5.74) is 0.264. The minimum Gasteiger partial charge on any atom is -0.465 e. The van der Waals surface area contributed by atoms with Crippen molar-refractivity contribution < 1.29 is 19.1 Å². The van der Waals surface area contributed by atoms with Crippen molar-refractivity contribution in [2.75, 3.05) is 25.1 Å². The molecule has 0 radical (unpaired) electrons. The third kappa shape index (κ3) is 5.74. The van der Waals surface area contributed by atoms with Gasteiger partial charge in [0.25, 0.3) is 0 Å². The van der Waals surface area contributed by atoms with E-state index in [0.29, 0.717) is 6.61 Å². The molecule has 0 aliphatic heterocycles. The van der Waals surface area contributed by atoms with Crippen LogP contribution in [-0.2, 0) is 14.3 Å². The van der Waals surface area contributed by atoms with Gasteiger partial charge in [0, 0.05) is 6.20 Å². The highest BCUT2D eigenvalue weighted by Crippen LogP contribution is 2.12. The van der Waals surface area contributed by atoms with Crippen LogP contribution in [0.2, 0.25) is 0 Å². The lowest BCUT2D eigenvalue weighted by molar-refractivity contribution is -0.141. The molecule has 0 unspecified atom stereocenters. The second-order valence-corrected chi connectivity index (χ2v) is 4.14. The molecule has 0 aliphatic carbocycles. The van der Waals surface area contributed by atoms with Gasteiger partial charge in [-0.05, 0) is 38.2 Å². The van der Waals surface area contributed by atoms with Crippen molar-refractivity contribution in [2.24, 2.45) is 0 Å². The molecule has 0 saturated carbocycles. The van der Waals surface area contributed by atoms with E-state index in [9.17, 15) is 9.59 Å². The Morgan fingerprint density at radius 2 is 2.00 bits per heavy atom. The zero-order valence-corrected chi connectivity index (χ0v) is 12.7. The average molecular weight is 311 g/mol. The van der Waals surface area contributed by atoms with E-state index in [1.165, 1.54) is 6.20 Å². The summed E-state index contributed by atoms with van der Waals surface area (Å²) in [7, 11) is 0. The molecule has 0 fully saturated rings. The summed E-state index contributed by atoms with van der Waals surface area (Å²) in [6.45, 7) is 3.93. The number of carbonyl (C=O) groups excluding carboxylic acids is 2. The normalized spacial score (nSPS) is 9.62. The molecular weight excluding hydrogens is 294 g/mol. The number of rotatable bonds is 6. The van der Waals surface area contributed by atoms with Crippen molar-refractivity contribution in [1.29, 1.82) is 0 Å². The fourth-order valence-corrected chi connectivity index (χ4v) is 1.56. The summed E-state index contributed by atoms with van der Waals surface area (Å²) < 4.78 is 9.68. The summed E-state index contributed by atoms with van der Waals surface area (Å²) in [5, 5.41) is 5.57. The van der Waals surface area contributed by atoms with E-state index in [4.69, 9.17) is 21.7 Å². The van der Waals surface area contributed by atoms with Crippen LogP contribution in [0.25, 0.3) is 0 Å². The molecule has 0 saturated heterocycles. The van der Waals surface area contributed by atoms with Crippen LogP contribution < -0.4 is 10.6 Å². The van der Waals surface area contributed by atoms with E-state index in [1.807, 2.05) is 0 Å². The first-order valence-corrected chi connectivity index (χ1v) is 6.81. The van der Waals surface area contributed by atoms with Crippen LogP contribution in [0.5, 0.6) is 0 Å². The third-order valence-electron chi connectivity index (χ3n) is 2.23. The van der Waals surface area contributed by atoms with E-state index in [0.717, 1.165) is 0 Å². The number of pyridine rings is 1. The van der Waals surface area contributed by atoms with Crippen molar-refractivity contribution in [3.63, 3.8) is 0 Å². The molecule has 1 rings (SSSR count). The number of hydrogen-bond donors (Lipinski definition) is 2. The SMILES string of the molecule is CCOC(=O)CNC(=S)Nc1ncccc1C(=O)OCC. The Morgan fingerprint density at radius 1 is 1.29 bits per heavy atom. The molecule has 0 aliphatic rings. The topological polar surface area (TPSA) is 89.5 Å². The van der Waals surface area contributed by atoms with Gasteiger partial charge in [0.2, 0.25) is 0 Å². The predicted molar refractivity (Wildman–Crippen MR) is 81.0 cm³/mol. The summed E-state index contributed by atoms with van der Waals surface area (Å²) in [6.07, 6.45) is 1.51. The third-order valence-corrected chi connectivity index (χ3v) is 2.48. The standard InChI is InChI=1S/C13H17N3O4S/c1-3-19-10(17)8-15-13(21)16-11-9(6-5-7-14-11)12(18)20-4-2/h5-7H,3-4,8H2,1-2H3,(H2,14,15,16,21). The van der Waals surface area contributed by atoms with Gasteiger partial charge in [0.15, 0.2) is 5.11 Å². The Kier molecular flexibility index (Phi) is 7.10. The van der Waals surface area contributed by atoms with Crippen LogP contribution in [0.4, 0.5) is 5.82 Å². The zero-order chi connectivity index (χ0) is 15.7. The zero-order valence-electron chi connectivity index (χ0n) is 11.8. The van der Waals surface area contributed by atoms with Crippen LogP contribution in [0.15, 0.2) is 18.3 Å². The Bertz CT molecular complexity index is 522. The molecule has 0 atom stereocenters. The van der Waals surface area contributed by atoms with Crippen molar-refractivity contribution in [3.8, 4) is 0 Å². The van der Waals surface area contributed by atoms with E-state index in [2.05, 4.69) is 15.6 Å². The van der Waals surface area contributed by atoms with Gasteiger partial charge >= 0.3 is 11.9 Å². The van der Waals surface area contributed by atoms with E-state index >= 15 is 0 Å². The highest BCUT2D eigenvalue weighted by molar-refractivity contribution is 7.80. The summed E-state index contributed by atoms with van der Waals surface area (Å²) in [4.78, 5) is 27.0. The number of nitrogens with zero attached hydrogens (tertiary/aromatic N) is 1. The molecule has 0 spiro atoms. The van der Waals surface area contributed by atoms with E-state index in [-0.39, 0.29) is 29.6 Å². The number of carbonyl (C=O) groups is 2. The second kappa shape index (κ2) is 8.85. The van der Waals surface area contributed by atoms with Crippen molar-refractivity contribution in [1.82, 2.24) is 10.3 Å². The molecule has 21 heavy (non-hydrogen) atoms. The fraction of sp³-hybridized carbons (Fsp3) is 0.385. The van der Waals surface area contributed by atoms with Gasteiger partial charge in [-0.25, -0.2) is 9.78 Å². The minimum atomic E-state index is -0.499. The van der Waals surface area contributed by atoms with Gasteiger partial charge in [-0.3, -0.25) is 4.79 Å². The molecule has 1 aromatic heterocycles. The van der Waals surface area contributed by atoms with Gasteiger partial charge in [-0.15, -0.1) is 0 Å². The van der Waals surface area contributed by atoms with Gasteiger partial charge in [0.1, 0.15) is 17.9 Å². The van der Waals surface area contributed by atoms with Crippen LogP contribution in [0, 0.1) is 0 Å².